The van der Waals surface area contributed by atoms with E-state index in [0.717, 1.165) is 17.0 Å². The van der Waals surface area contributed by atoms with Crippen LogP contribution in [-0.2, 0) is 13.6 Å². The fraction of sp³-hybridized carbons (Fsp3) is 0.118. The lowest BCUT2D eigenvalue weighted by Crippen LogP contribution is -2.03. The van der Waals surface area contributed by atoms with Gasteiger partial charge in [0.1, 0.15) is 0 Å². The number of aryl methyl sites for hydroxylation is 1. The van der Waals surface area contributed by atoms with Crippen molar-refractivity contribution in [3.8, 4) is 22.4 Å². The SMILES string of the molecule is Cn1nc(-c2ccc(-c3ccccc3)cc2)cc1CN. The molecule has 0 aliphatic carbocycles. The second kappa shape index (κ2) is 5.31. The highest BCUT2D eigenvalue weighted by atomic mass is 15.3. The van der Waals surface area contributed by atoms with Crippen molar-refractivity contribution in [3.63, 3.8) is 0 Å². The van der Waals surface area contributed by atoms with Gasteiger partial charge in [-0.25, -0.2) is 0 Å². The minimum absolute atomic E-state index is 0.506. The average Bonchev–Trinajstić information content (AvgIpc) is 2.89. The van der Waals surface area contributed by atoms with E-state index in [1.54, 1.807) is 0 Å². The first kappa shape index (κ1) is 12.6. The first-order valence-corrected chi connectivity index (χ1v) is 6.67. The molecule has 0 aliphatic heterocycles. The van der Waals surface area contributed by atoms with Crippen LogP contribution in [0.4, 0.5) is 0 Å². The molecular formula is C17H17N3. The van der Waals surface area contributed by atoms with Gasteiger partial charge in [-0.05, 0) is 17.2 Å². The summed E-state index contributed by atoms with van der Waals surface area (Å²) >= 11 is 0. The maximum Gasteiger partial charge on any atom is 0.0926 e. The van der Waals surface area contributed by atoms with Crippen LogP contribution in [0.15, 0.2) is 60.7 Å². The van der Waals surface area contributed by atoms with Gasteiger partial charge in [-0.15, -0.1) is 0 Å². The van der Waals surface area contributed by atoms with Gasteiger partial charge < -0.3 is 5.73 Å². The van der Waals surface area contributed by atoms with Gasteiger partial charge in [0, 0.05) is 19.2 Å². The number of hydrogen-bond donors (Lipinski definition) is 1. The Morgan fingerprint density at radius 2 is 1.50 bits per heavy atom. The van der Waals surface area contributed by atoms with Gasteiger partial charge in [0.25, 0.3) is 0 Å². The van der Waals surface area contributed by atoms with E-state index in [4.69, 9.17) is 5.73 Å². The largest absolute Gasteiger partial charge is 0.325 e. The molecule has 20 heavy (non-hydrogen) atoms. The van der Waals surface area contributed by atoms with Crippen LogP contribution < -0.4 is 5.73 Å². The summed E-state index contributed by atoms with van der Waals surface area (Å²) < 4.78 is 1.83. The Bertz CT molecular complexity index is 697. The second-order valence-corrected chi connectivity index (χ2v) is 4.79. The number of nitrogens with zero attached hydrogens (tertiary/aromatic N) is 2. The number of benzene rings is 2. The van der Waals surface area contributed by atoms with E-state index in [0.29, 0.717) is 6.54 Å². The van der Waals surface area contributed by atoms with Gasteiger partial charge >= 0.3 is 0 Å². The molecule has 2 N–H and O–H groups in total. The van der Waals surface area contributed by atoms with Crippen molar-refractivity contribution in [1.82, 2.24) is 9.78 Å². The molecule has 1 heterocycles. The molecule has 0 bridgehead atoms. The molecule has 0 unspecified atom stereocenters. The average molecular weight is 263 g/mol. The first-order chi connectivity index (χ1) is 9.78. The quantitative estimate of drug-likeness (QED) is 0.788. The third-order valence-electron chi connectivity index (χ3n) is 3.47. The van der Waals surface area contributed by atoms with Gasteiger partial charge in [0.2, 0.25) is 0 Å². The van der Waals surface area contributed by atoms with Crippen molar-refractivity contribution in [3.05, 3.63) is 66.4 Å². The molecule has 100 valence electrons. The van der Waals surface area contributed by atoms with Crippen LogP contribution in [0.25, 0.3) is 22.4 Å². The van der Waals surface area contributed by atoms with Gasteiger partial charge in [-0.2, -0.15) is 5.10 Å². The van der Waals surface area contributed by atoms with Crippen LogP contribution >= 0.6 is 0 Å². The van der Waals surface area contributed by atoms with E-state index < -0.39 is 0 Å². The number of hydrogen-bond acceptors (Lipinski definition) is 2. The molecule has 0 atom stereocenters. The molecule has 3 rings (SSSR count). The molecule has 0 spiro atoms. The van der Waals surface area contributed by atoms with Crippen LogP contribution in [0.2, 0.25) is 0 Å². The summed E-state index contributed by atoms with van der Waals surface area (Å²) in [6, 6.07) is 20.9. The monoisotopic (exact) mass is 263 g/mol. The summed E-state index contributed by atoms with van der Waals surface area (Å²) in [4.78, 5) is 0. The Morgan fingerprint density at radius 3 is 2.10 bits per heavy atom. The zero-order valence-electron chi connectivity index (χ0n) is 11.5. The lowest BCUT2D eigenvalue weighted by atomic mass is 10.0. The zero-order chi connectivity index (χ0) is 13.9. The predicted molar refractivity (Wildman–Crippen MR) is 82.0 cm³/mol. The number of aromatic nitrogens is 2. The first-order valence-electron chi connectivity index (χ1n) is 6.67. The Labute approximate surface area is 118 Å². The Hall–Kier alpha value is -2.39. The van der Waals surface area contributed by atoms with Crippen molar-refractivity contribution in [2.24, 2.45) is 12.8 Å². The molecule has 0 radical (unpaired) electrons. The van der Waals surface area contributed by atoms with Crippen LogP contribution in [0.5, 0.6) is 0 Å². The van der Waals surface area contributed by atoms with Crippen molar-refractivity contribution >= 4 is 0 Å². The summed E-state index contributed by atoms with van der Waals surface area (Å²) in [5.41, 5.74) is 11.2. The smallest absolute Gasteiger partial charge is 0.0926 e. The molecule has 0 saturated carbocycles. The molecule has 0 fully saturated rings. The van der Waals surface area contributed by atoms with E-state index in [2.05, 4.69) is 53.6 Å². The van der Waals surface area contributed by atoms with Crippen molar-refractivity contribution < 1.29 is 0 Å². The summed E-state index contributed by atoms with van der Waals surface area (Å²) in [5.74, 6) is 0. The maximum atomic E-state index is 5.68. The Kier molecular flexibility index (Phi) is 3.35. The fourth-order valence-corrected chi connectivity index (χ4v) is 2.30. The summed E-state index contributed by atoms with van der Waals surface area (Å²) in [6.07, 6.45) is 0. The normalized spacial score (nSPS) is 10.7. The van der Waals surface area contributed by atoms with E-state index >= 15 is 0 Å². The molecule has 3 nitrogen and oxygen atoms in total. The summed E-state index contributed by atoms with van der Waals surface area (Å²) in [6.45, 7) is 0.506. The lowest BCUT2D eigenvalue weighted by molar-refractivity contribution is 0.714. The van der Waals surface area contributed by atoms with Gasteiger partial charge in [0.15, 0.2) is 0 Å². The van der Waals surface area contributed by atoms with Crippen molar-refractivity contribution in [2.75, 3.05) is 0 Å². The van der Waals surface area contributed by atoms with E-state index in [9.17, 15) is 0 Å². The Morgan fingerprint density at radius 1 is 0.900 bits per heavy atom. The van der Waals surface area contributed by atoms with E-state index in [-0.39, 0.29) is 0 Å². The minimum atomic E-state index is 0.506. The molecule has 2 aromatic carbocycles. The third kappa shape index (κ3) is 2.36. The molecule has 0 saturated heterocycles. The van der Waals surface area contributed by atoms with E-state index in [1.165, 1.54) is 11.1 Å². The van der Waals surface area contributed by atoms with Crippen LogP contribution in [0.3, 0.4) is 0 Å². The van der Waals surface area contributed by atoms with Crippen molar-refractivity contribution in [1.29, 1.82) is 0 Å². The topological polar surface area (TPSA) is 43.8 Å². The minimum Gasteiger partial charge on any atom is -0.325 e. The number of nitrogens with two attached hydrogens (primary N) is 1. The second-order valence-electron chi connectivity index (χ2n) is 4.79. The van der Waals surface area contributed by atoms with Gasteiger partial charge in [-0.3, -0.25) is 4.68 Å². The van der Waals surface area contributed by atoms with E-state index in [1.807, 2.05) is 23.9 Å². The van der Waals surface area contributed by atoms with Crippen molar-refractivity contribution in [2.45, 2.75) is 6.54 Å². The van der Waals surface area contributed by atoms with Crippen LogP contribution in [0, 0.1) is 0 Å². The molecule has 0 amide bonds. The standard InChI is InChI=1S/C17H17N3/c1-20-16(12-18)11-17(19-20)15-9-7-14(8-10-15)13-5-3-2-4-6-13/h2-11H,12,18H2,1H3. The highest BCUT2D eigenvalue weighted by molar-refractivity contribution is 5.68. The summed E-state index contributed by atoms with van der Waals surface area (Å²) in [7, 11) is 1.92. The lowest BCUT2D eigenvalue weighted by Gasteiger charge is -2.02. The summed E-state index contributed by atoms with van der Waals surface area (Å²) in [5, 5.41) is 4.49. The number of rotatable bonds is 3. The highest BCUT2D eigenvalue weighted by Crippen LogP contribution is 2.24. The zero-order valence-corrected chi connectivity index (χ0v) is 11.5. The molecule has 0 aliphatic rings. The van der Waals surface area contributed by atoms with Crippen LogP contribution in [0.1, 0.15) is 5.69 Å². The van der Waals surface area contributed by atoms with Crippen LogP contribution in [-0.4, -0.2) is 9.78 Å². The molecule has 3 heteroatoms. The molecule has 3 aromatic rings. The fourth-order valence-electron chi connectivity index (χ4n) is 2.30. The molecular weight excluding hydrogens is 246 g/mol. The molecule has 1 aromatic heterocycles. The maximum absolute atomic E-state index is 5.68. The van der Waals surface area contributed by atoms with Gasteiger partial charge in [-0.1, -0.05) is 54.6 Å². The highest BCUT2D eigenvalue weighted by Gasteiger charge is 2.06. The Balaban J connectivity index is 1.93. The predicted octanol–water partition coefficient (Wildman–Crippen LogP) is 3.21. The third-order valence-corrected chi connectivity index (χ3v) is 3.47. The van der Waals surface area contributed by atoms with Gasteiger partial charge in [0.05, 0.1) is 11.4 Å².